The summed E-state index contributed by atoms with van der Waals surface area (Å²) in [5.41, 5.74) is 4.44. The third-order valence-corrected chi connectivity index (χ3v) is 4.95. The number of allylic oxidation sites excluding steroid dienone is 4. The number of nitrogens with zero attached hydrogens (tertiary/aromatic N) is 3. The maximum absolute atomic E-state index is 4.54. The first-order chi connectivity index (χ1) is 14.8. The van der Waals surface area contributed by atoms with Crippen LogP contribution in [0.2, 0.25) is 0 Å². The van der Waals surface area contributed by atoms with E-state index in [0.29, 0.717) is 12.4 Å². The van der Waals surface area contributed by atoms with Crippen molar-refractivity contribution in [1.82, 2.24) is 4.57 Å². The van der Waals surface area contributed by atoms with Crippen LogP contribution in [0.15, 0.2) is 120 Å². The molecule has 0 spiro atoms. The van der Waals surface area contributed by atoms with Crippen LogP contribution in [-0.4, -0.2) is 23.7 Å². The summed E-state index contributed by atoms with van der Waals surface area (Å²) in [5.74, 6) is 0.640. The summed E-state index contributed by atoms with van der Waals surface area (Å²) in [5, 5.41) is 2.51. The molecule has 0 bridgehead atoms. The molecule has 146 valence electrons. The van der Waals surface area contributed by atoms with E-state index in [1.54, 1.807) is 6.08 Å². The second-order valence-corrected chi connectivity index (χ2v) is 6.79. The zero-order valence-electron chi connectivity index (χ0n) is 16.8. The lowest BCUT2D eigenvalue weighted by Crippen LogP contribution is -1.99. The summed E-state index contributed by atoms with van der Waals surface area (Å²) < 4.78 is 2.29. The van der Waals surface area contributed by atoms with Gasteiger partial charge in [-0.2, -0.15) is 0 Å². The summed E-state index contributed by atoms with van der Waals surface area (Å²) in [6.45, 7) is 7.87. The minimum absolute atomic E-state index is 0.546. The van der Waals surface area contributed by atoms with Gasteiger partial charge in [-0.1, -0.05) is 73.4 Å². The molecule has 0 aliphatic carbocycles. The number of para-hydroxylation sites is 2. The highest BCUT2D eigenvalue weighted by Gasteiger charge is 2.11. The molecule has 3 aromatic carbocycles. The van der Waals surface area contributed by atoms with Crippen LogP contribution < -0.4 is 0 Å². The second kappa shape index (κ2) is 9.01. The normalized spacial score (nSPS) is 12.3. The molecule has 3 nitrogen and oxygen atoms in total. The highest BCUT2D eigenvalue weighted by Crippen LogP contribution is 2.31. The van der Waals surface area contributed by atoms with Gasteiger partial charge in [-0.25, -0.2) is 4.99 Å². The number of aliphatic imine (C=N–C) groups is 2. The lowest BCUT2D eigenvalue weighted by molar-refractivity contribution is 1.18. The van der Waals surface area contributed by atoms with E-state index in [4.69, 9.17) is 0 Å². The second-order valence-electron chi connectivity index (χ2n) is 6.79. The van der Waals surface area contributed by atoms with E-state index in [9.17, 15) is 0 Å². The Morgan fingerprint density at radius 3 is 2.03 bits per heavy atom. The van der Waals surface area contributed by atoms with E-state index in [0.717, 1.165) is 11.3 Å². The van der Waals surface area contributed by atoms with Gasteiger partial charge in [0, 0.05) is 22.0 Å². The molecule has 0 saturated heterocycles. The Morgan fingerprint density at radius 2 is 1.43 bits per heavy atom. The van der Waals surface area contributed by atoms with Crippen molar-refractivity contribution in [3.63, 3.8) is 0 Å². The van der Waals surface area contributed by atoms with Gasteiger partial charge in [-0.3, -0.25) is 4.99 Å². The number of hydrogen-bond donors (Lipinski definition) is 0. The molecule has 0 aliphatic heterocycles. The van der Waals surface area contributed by atoms with Crippen molar-refractivity contribution in [2.45, 2.75) is 0 Å². The fraction of sp³-hybridized carbons (Fsp3) is 0.0370. The standard InChI is InChI=1S/C27H23N3/c1-3-4-5-6-11-20-29-27(28-2)21-16-18-22(19-17-21)30-25-14-9-7-12-23(25)24-13-8-10-15-26(24)30/h3-19H,1-2,20H2/b5-4-,11-6+,29-27?. The quantitative estimate of drug-likeness (QED) is 0.204. The van der Waals surface area contributed by atoms with Crippen LogP contribution in [0.25, 0.3) is 27.5 Å². The van der Waals surface area contributed by atoms with Gasteiger partial charge in [-0.15, -0.1) is 0 Å². The minimum atomic E-state index is 0.546. The van der Waals surface area contributed by atoms with Crippen LogP contribution >= 0.6 is 0 Å². The van der Waals surface area contributed by atoms with Gasteiger partial charge in [0.2, 0.25) is 0 Å². The van der Waals surface area contributed by atoms with Gasteiger partial charge in [0.25, 0.3) is 0 Å². The third-order valence-electron chi connectivity index (χ3n) is 4.95. The number of benzene rings is 3. The molecule has 0 saturated carbocycles. The molecule has 1 aromatic heterocycles. The molecule has 0 unspecified atom stereocenters. The largest absolute Gasteiger partial charge is 0.309 e. The molecule has 3 heteroatoms. The van der Waals surface area contributed by atoms with Crippen LogP contribution in [0, 0.1) is 0 Å². The Hall–Kier alpha value is -3.98. The lowest BCUT2D eigenvalue weighted by atomic mass is 10.2. The molecule has 0 fully saturated rings. The summed E-state index contributed by atoms with van der Waals surface area (Å²) >= 11 is 0. The van der Waals surface area contributed by atoms with Crippen molar-refractivity contribution in [2.75, 3.05) is 6.54 Å². The van der Waals surface area contributed by atoms with Crippen molar-refractivity contribution in [2.24, 2.45) is 9.98 Å². The van der Waals surface area contributed by atoms with Gasteiger partial charge in [-0.05, 0) is 43.1 Å². The number of rotatable bonds is 6. The average Bonchev–Trinajstić information content (AvgIpc) is 3.13. The number of fused-ring (bicyclic) bond motifs is 3. The van der Waals surface area contributed by atoms with E-state index >= 15 is 0 Å². The molecule has 0 atom stereocenters. The van der Waals surface area contributed by atoms with E-state index in [1.165, 1.54) is 21.8 Å². The summed E-state index contributed by atoms with van der Waals surface area (Å²) in [7, 11) is 0. The molecular weight excluding hydrogens is 366 g/mol. The van der Waals surface area contributed by atoms with Crippen molar-refractivity contribution in [3.05, 3.63) is 115 Å². The van der Waals surface area contributed by atoms with E-state index in [-0.39, 0.29) is 0 Å². The number of aromatic nitrogens is 1. The molecule has 0 aliphatic rings. The molecule has 0 N–H and O–H groups in total. The molecule has 0 amide bonds. The predicted octanol–water partition coefficient (Wildman–Crippen LogP) is 6.53. The molecular formula is C27H23N3. The Bertz CT molecular complexity index is 1230. The first-order valence-corrected chi connectivity index (χ1v) is 9.88. The molecule has 1 heterocycles. The Labute approximate surface area is 176 Å². The number of amidine groups is 1. The summed E-state index contributed by atoms with van der Waals surface area (Å²) in [4.78, 5) is 8.65. The molecule has 4 aromatic rings. The average molecular weight is 390 g/mol. The van der Waals surface area contributed by atoms with Crippen LogP contribution in [0.3, 0.4) is 0 Å². The van der Waals surface area contributed by atoms with Crippen molar-refractivity contribution in [1.29, 1.82) is 0 Å². The highest BCUT2D eigenvalue weighted by molar-refractivity contribution is 6.09. The maximum atomic E-state index is 4.54. The maximum Gasteiger partial charge on any atom is 0.154 e. The fourth-order valence-corrected chi connectivity index (χ4v) is 3.61. The van der Waals surface area contributed by atoms with Crippen LogP contribution in [0.5, 0.6) is 0 Å². The zero-order valence-corrected chi connectivity index (χ0v) is 16.8. The van der Waals surface area contributed by atoms with Gasteiger partial charge in [0.1, 0.15) is 0 Å². The van der Waals surface area contributed by atoms with Gasteiger partial charge < -0.3 is 4.57 Å². The van der Waals surface area contributed by atoms with Gasteiger partial charge >= 0.3 is 0 Å². The van der Waals surface area contributed by atoms with Gasteiger partial charge in [0.05, 0.1) is 17.6 Å². The van der Waals surface area contributed by atoms with Crippen molar-refractivity contribution >= 4 is 34.4 Å². The first kappa shape index (κ1) is 19.3. The smallest absolute Gasteiger partial charge is 0.154 e. The molecule has 30 heavy (non-hydrogen) atoms. The fourth-order valence-electron chi connectivity index (χ4n) is 3.61. The van der Waals surface area contributed by atoms with Crippen LogP contribution in [-0.2, 0) is 0 Å². The third kappa shape index (κ3) is 3.78. The van der Waals surface area contributed by atoms with E-state index in [1.807, 2.05) is 36.4 Å². The lowest BCUT2D eigenvalue weighted by Gasteiger charge is -2.09. The van der Waals surface area contributed by atoms with Crippen LogP contribution in [0.1, 0.15) is 5.56 Å². The molecule has 0 radical (unpaired) electrons. The number of hydrogen-bond acceptors (Lipinski definition) is 1. The van der Waals surface area contributed by atoms with E-state index < -0.39 is 0 Å². The first-order valence-electron chi connectivity index (χ1n) is 9.88. The van der Waals surface area contributed by atoms with E-state index in [2.05, 4.69) is 88.5 Å². The summed E-state index contributed by atoms with van der Waals surface area (Å²) in [6, 6.07) is 25.3. The summed E-state index contributed by atoms with van der Waals surface area (Å²) in [6.07, 6.45) is 9.45. The zero-order chi connectivity index (χ0) is 20.8. The monoisotopic (exact) mass is 389 g/mol. The molecule has 4 rings (SSSR count). The minimum Gasteiger partial charge on any atom is -0.309 e. The Kier molecular flexibility index (Phi) is 5.81. The Morgan fingerprint density at radius 1 is 0.800 bits per heavy atom. The van der Waals surface area contributed by atoms with Crippen molar-refractivity contribution in [3.8, 4) is 5.69 Å². The predicted molar refractivity (Wildman–Crippen MR) is 130 cm³/mol. The Balaban J connectivity index is 1.68. The SMILES string of the molecule is C=C/C=C\C=C\CN=C(N=C)c1ccc(-n2c3ccccc3c3ccccc32)cc1. The van der Waals surface area contributed by atoms with Crippen molar-refractivity contribution < 1.29 is 0 Å². The van der Waals surface area contributed by atoms with Gasteiger partial charge in [0.15, 0.2) is 5.84 Å². The topological polar surface area (TPSA) is 29.6 Å². The van der Waals surface area contributed by atoms with Crippen LogP contribution in [0.4, 0.5) is 0 Å². The highest BCUT2D eigenvalue weighted by atomic mass is 15.0.